The van der Waals surface area contributed by atoms with Crippen molar-refractivity contribution in [1.82, 2.24) is 0 Å². The van der Waals surface area contributed by atoms with E-state index in [1.54, 1.807) is 6.92 Å². The van der Waals surface area contributed by atoms with Crippen LogP contribution in [0.4, 0.5) is 0 Å². The van der Waals surface area contributed by atoms with Gasteiger partial charge in [0.05, 0.1) is 18.8 Å². The second-order valence-electron chi connectivity index (χ2n) is 4.25. The standard InChI is InChI=1S/C13H20O2/c1-10(2)13(11(3)14)15-9-12-7-5-4-6-8-12/h4-8,10-11,13-14H,9H2,1-3H3/t11-,13+/m0/s1. The highest BCUT2D eigenvalue weighted by atomic mass is 16.5. The number of benzene rings is 1. The molecule has 0 unspecified atom stereocenters. The Hall–Kier alpha value is -0.860. The Labute approximate surface area is 91.9 Å². The van der Waals surface area contributed by atoms with Crippen molar-refractivity contribution in [2.45, 2.75) is 39.6 Å². The van der Waals surface area contributed by atoms with Gasteiger partial charge in [0.2, 0.25) is 0 Å². The summed E-state index contributed by atoms with van der Waals surface area (Å²) < 4.78 is 5.70. The zero-order valence-electron chi connectivity index (χ0n) is 9.68. The van der Waals surface area contributed by atoms with Gasteiger partial charge in [-0.25, -0.2) is 0 Å². The number of aliphatic hydroxyl groups excluding tert-OH is 1. The molecule has 1 N–H and O–H groups in total. The number of ether oxygens (including phenoxy) is 1. The predicted octanol–water partition coefficient (Wildman–Crippen LogP) is 2.61. The number of rotatable bonds is 5. The van der Waals surface area contributed by atoms with E-state index >= 15 is 0 Å². The van der Waals surface area contributed by atoms with Gasteiger partial charge >= 0.3 is 0 Å². The SMILES string of the molecule is CC(C)[C@@H](OCc1ccccc1)[C@H](C)O. The number of hydrogen-bond donors (Lipinski definition) is 1. The van der Waals surface area contributed by atoms with Crippen LogP contribution < -0.4 is 0 Å². The van der Waals surface area contributed by atoms with Crippen LogP contribution >= 0.6 is 0 Å². The summed E-state index contributed by atoms with van der Waals surface area (Å²) in [6.45, 7) is 6.45. The Morgan fingerprint density at radius 2 is 1.73 bits per heavy atom. The zero-order valence-corrected chi connectivity index (χ0v) is 9.68. The highest BCUT2D eigenvalue weighted by Gasteiger charge is 2.19. The van der Waals surface area contributed by atoms with E-state index in [4.69, 9.17) is 4.74 Å². The van der Waals surface area contributed by atoms with Crippen molar-refractivity contribution in [1.29, 1.82) is 0 Å². The summed E-state index contributed by atoms with van der Waals surface area (Å²) in [5.74, 6) is 0.328. The molecule has 0 aliphatic rings. The Morgan fingerprint density at radius 3 is 2.20 bits per heavy atom. The van der Waals surface area contributed by atoms with Crippen LogP contribution in [0, 0.1) is 5.92 Å². The predicted molar refractivity (Wildman–Crippen MR) is 61.5 cm³/mol. The Bertz CT molecular complexity index is 259. The van der Waals surface area contributed by atoms with Gasteiger partial charge in [-0.2, -0.15) is 0 Å². The summed E-state index contributed by atoms with van der Waals surface area (Å²) >= 11 is 0. The second-order valence-corrected chi connectivity index (χ2v) is 4.25. The van der Waals surface area contributed by atoms with E-state index in [2.05, 4.69) is 13.8 Å². The van der Waals surface area contributed by atoms with E-state index in [-0.39, 0.29) is 6.10 Å². The molecule has 0 aliphatic carbocycles. The lowest BCUT2D eigenvalue weighted by molar-refractivity contribution is -0.0621. The van der Waals surface area contributed by atoms with E-state index in [0.717, 1.165) is 5.56 Å². The molecular formula is C13H20O2. The molecule has 0 aromatic heterocycles. The molecule has 1 aromatic carbocycles. The number of hydrogen-bond acceptors (Lipinski definition) is 2. The maximum atomic E-state index is 9.54. The second kappa shape index (κ2) is 5.89. The van der Waals surface area contributed by atoms with Crippen molar-refractivity contribution in [3.05, 3.63) is 35.9 Å². The molecule has 1 rings (SSSR count). The first-order valence-electron chi connectivity index (χ1n) is 5.45. The first-order chi connectivity index (χ1) is 7.11. The molecule has 0 bridgehead atoms. The lowest BCUT2D eigenvalue weighted by atomic mass is 10.0. The number of aliphatic hydroxyl groups is 1. The summed E-state index contributed by atoms with van der Waals surface area (Å²) in [7, 11) is 0. The fourth-order valence-electron chi connectivity index (χ4n) is 1.66. The highest BCUT2D eigenvalue weighted by Crippen LogP contribution is 2.13. The maximum Gasteiger partial charge on any atom is 0.0858 e. The van der Waals surface area contributed by atoms with E-state index in [1.165, 1.54) is 0 Å². The van der Waals surface area contributed by atoms with Gasteiger partial charge in [0.25, 0.3) is 0 Å². The third-order valence-electron chi connectivity index (χ3n) is 2.42. The summed E-state index contributed by atoms with van der Waals surface area (Å²) in [6.07, 6.45) is -0.515. The largest absolute Gasteiger partial charge is 0.391 e. The molecule has 0 amide bonds. The lowest BCUT2D eigenvalue weighted by Gasteiger charge is -2.24. The fraction of sp³-hybridized carbons (Fsp3) is 0.538. The zero-order chi connectivity index (χ0) is 11.3. The van der Waals surface area contributed by atoms with Crippen LogP contribution in [0.25, 0.3) is 0 Å². The first kappa shape index (κ1) is 12.2. The Morgan fingerprint density at radius 1 is 1.13 bits per heavy atom. The van der Waals surface area contributed by atoms with Crippen molar-refractivity contribution < 1.29 is 9.84 Å². The summed E-state index contributed by atoms with van der Waals surface area (Å²) in [5, 5.41) is 9.54. The fourth-order valence-corrected chi connectivity index (χ4v) is 1.66. The minimum atomic E-state index is -0.422. The van der Waals surface area contributed by atoms with Gasteiger partial charge in [0.1, 0.15) is 0 Å². The summed E-state index contributed by atoms with van der Waals surface area (Å²) in [5.41, 5.74) is 1.14. The molecule has 1 aromatic rings. The molecule has 0 aliphatic heterocycles. The van der Waals surface area contributed by atoms with Gasteiger partial charge in [-0.3, -0.25) is 0 Å². The third kappa shape index (κ3) is 4.02. The lowest BCUT2D eigenvalue weighted by Crippen LogP contribution is -2.31. The molecule has 2 heteroatoms. The van der Waals surface area contributed by atoms with Gasteiger partial charge < -0.3 is 9.84 Å². The normalized spacial score (nSPS) is 15.3. The van der Waals surface area contributed by atoms with Crippen LogP contribution in [-0.4, -0.2) is 17.3 Å². The van der Waals surface area contributed by atoms with Crippen LogP contribution in [0.5, 0.6) is 0 Å². The van der Waals surface area contributed by atoms with E-state index in [9.17, 15) is 5.11 Å². The average molecular weight is 208 g/mol. The first-order valence-corrected chi connectivity index (χ1v) is 5.45. The van der Waals surface area contributed by atoms with Crippen LogP contribution in [0.2, 0.25) is 0 Å². The Balaban J connectivity index is 2.47. The Kier molecular flexibility index (Phi) is 4.79. The maximum absolute atomic E-state index is 9.54. The molecule has 0 radical (unpaired) electrons. The van der Waals surface area contributed by atoms with Gasteiger partial charge in [-0.15, -0.1) is 0 Å². The molecule has 0 saturated carbocycles. The molecule has 84 valence electrons. The minimum Gasteiger partial charge on any atom is -0.391 e. The van der Waals surface area contributed by atoms with Crippen LogP contribution in [-0.2, 0) is 11.3 Å². The average Bonchev–Trinajstić information content (AvgIpc) is 2.18. The van der Waals surface area contributed by atoms with Crippen LogP contribution in [0.3, 0.4) is 0 Å². The molecule has 2 atom stereocenters. The van der Waals surface area contributed by atoms with Crippen molar-refractivity contribution in [2.24, 2.45) is 5.92 Å². The molecule has 0 heterocycles. The van der Waals surface area contributed by atoms with Gasteiger partial charge in [-0.05, 0) is 18.4 Å². The smallest absolute Gasteiger partial charge is 0.0858 e. The molecule has 2 nitrogen and oxygen atoms in total. The minimum absolute atomic E-state index is 0.0924. The van der Waals surface area contributed by atoms with E-state index in [1.807, 2.05) is 30.3 Å². The van der Waals surface area contributed by atoms with Gasteiger partial charge in [0, 0.05) is 0 Å². The van der Waals surface area contributed by atoms with Gasteiger partial charge in [0.15, 0.2) is 0 Å². The van der Waals surface area contributed by atoms with Crippen molar-refractivity contribution in [3.63, 3.8) is 0 Å². The molecular weight excluding hydrogens is 188 g/mol. The van der Waals surface area contributed by atoms with Crippen molar-refractivity contribution in [3.8, 4) is 0 Å². The third-order valence-corrected chi connectivity index (χ3v) is 2.42. The summed E-state index contributed by atoms with van der Waals surface area (Å²) in [4.78, 5) is 0. The topological polar surface area (TPSA) is 29.5 Å². The van der Waals surface area contributed by atoms with E-state index < -0.39 is 6.10 Å². The van der Waals surface area contributed by atoms with Gasteiger partial charge in [-0.1, -0.05) is 44.2 Å². The molecule has 15 heavy (non-hydrogen) atoms. The van der Waals surface area contributed by atoms with Crippen molar-refractivity contribution in [2.75, 3.05) is 0 Å². The van der Waals surface area contributed by atoms with Crippen LogP contribution in [0.1, 0.15) is 26.3 Å². The highest BCUT2D eigenvalue weighted by molar-refractivity contribution is 5.13. The van der Waals surface area contributed by atoms with E-state index in [0.29, 0.717) is 12.5 Å². The van der Waals surface area contributed by atoms with Crippen LogP contribution in [0.15, 0.2) is 30.3 Å². The van der Waals surface area contributed by atoms with Crippen molar-refractivity contribution >= 4 is 0 Å². The summed E-state index contributed by atoms with van der Waals surface area (Å²) in [6, 6.07) is 10.0. The molecule has 0 saturated heterocycles. The molecule has 0 spiro atoms. The monoisotopic (exact) mass is 208 g/mol. The molecule has 0 fully saturated rings. The quantitative estimate of drug-likeness (QED) is 0.806.